The zero-order valence-corrected chi connectivity index (χ0v) is 11.4. The van der Waals surface area contributed by atoms with E-state index in [2.05, 4.69) is 26.1 Å². The maximum absolute atomic E-state index is 13.2. The molecule has 0 saturated carbocycles. The zero-order valence-electron chi connectivity index (χ0n) is 11.4. The number of ether oxygens (including phenoxy) is 1. The molecule has 18 heavy (non-hydrogen) atoms. The summed E-state index contributed by atoms with van der Waals surface area (Å²) in [5.74, 6) is -0.173. The lowest BCUT2D eigenvalue weighted by molar-refractivity contribution is -0.0640. The third-order valence-electron chi connectivity index (χ3n) is 3.53. The molecule has 1 aromatic carbocycles. The number of hydrogen-bond acceptors (Lipinski definition) is 2. The van der Waals surface area contributed by atoms with Gasteiger partial charge in [0.05, 0.1) is 5.60 Å². The Bertz CT molecular complexity index is 405. The van der Waals surface area contributed by atoms with Crippen molar-refractivity contribution in [2.45, 2.75) is 51.3 Å². The average Bonchev–Trinajstić information content (AvgIpc) is 2.27. The van der Waals surface area contributed by atoms with Gasteiger partial charge in [0.25, 0.3) is 0 Å². The summed E-state index contributed by atoms with van der Waals surface area (Å²) in [6.07, 6.45) is 2.01. The molecule has 1 N–H and O–H groups in total. The fourth-order valence-corrected chi connectivity index (χ4v) is 2.60. The Balaban J connectivity index is 1.97. The van der Waals surface area contributed by atoms with E-state index >= 15 is 0 Å². The topological polar surface area (TPSA) is 21.3 Å². The molecule has 2 atom stereocenters. The number of halogens is 1. The second-order valence-corrected chi connectivity index (χ2v) is 5.74. The van der Waals surface area contributed by atoms with Crippen molar-refractivity contribution < 1.29 is 9.13 Å². The van der Waals surface area contributed by atoms with Crippen molar-refractivity contribution in [3.8, 4) is 0 Å². The molecular formula is C15H22FNO. The molecule has 0 aliphatic carbocycles. The first-order valence-corrected chi connectivity index (χ1v) is 6.62. The van der Waals surface area contributed by atoms with Gasteiger partial charge in [-0.2, -0.15) is 0 Å². The summed E-state index contributed by atoms with van der Waals surface area (Å²) < 4.78 is 18.9. The molecule has 2 rings (SSSR count). The molecule has 1 aliphatic rings. The van der Waals surface area contributed by atoms with Crippen molar-refractivity contribution in [2.24, 2.45) is 0 Å². The van der Waals surface area contributed by atoms with E-state index in [0.29, 0.717) is 6.04 Å². The number of rotatable bonds is 3. The standard InChI is InChI=1S/C15H22FNO/c1-11(12-5-4-6-13(16)9-12)17-14-7-8-18-15(2,3)10-14/h4-6,9,11,14,17H,7-8,10H2,1-3H3/t11-,14?/m1/s1. The van der Waals surface area contributed by atoms with Gasteiger partial charge in [-0.3, -0.25) is 0 Å². The van der Waals surface area contributed by atoms with E-state index in [1.54, 1.807) is 12.1 Å². The Hall–Kier alpha value is -0.930. The van der Waals surface area contributed by atoms with E-state index in [4.69, 9.17) is 4.74 Å². The van der Waals surface area contributed by atoms with E-state index in [0.717, 1.165) is 25.0 Å². The molecule has 3 heteroatoms. The van der Waals surface area contributed by atoms with Gasteiger partial charge in [0.15, 0.2) is 0 Å². The molecule has 0 aromatic heterocycles. The highest BCUT2D eigenvalue weighted by molar-refractivity contribution is 5.19. The van der Waals surface area contributed by atoms with Crippen molar-refractivity contribution in [3.05, 3.63) is 35.6 Å². The van der Waals surface area contributed by atoms with Crippen molar-refractivity contribution in [1.82, 2.24) is 5.32 Å². The first-order chi connectivity index (χ1) is 8.46. The maximum atomic E-state index is 13.2. The van der Waals surface area contributed by atoms with Crippen LogP contribution >= 0.6 is 0 Å². The van der Waals surface area contributed by atoms with Gasteiger partial charge in [0.1, 0.15) is 5.82 Å². The lowest BCUT2D eigenvalue weighted by Gasteiger charge is -2.37. The highest BCUT2D eigenvalue weighted by Gasteiger charge is 2.29. The Morgan fingerprint density at radius 2 is 2.22 bits per heavy atom. The van der Waals surface area contributed by atoms with Crippen LogP contribution in [0.1, 0.15) is 45.2 Å². The average molecular weight is 251 g/mol. The summed E-state index contributed by atoms with van der Waals surface area (Å²) in [5, 5.41) is 3.57. The molecule has 1 saturated heterocycles. The highest BCUT2D eigenvalue weighted by Crippen LogP contribution is 2.26. The Kier molecular flexibility index (Phi) is 4.03. The summed E-state index contributed by atoms with van der Waals surface area (Å²) in [7, 11) is 0. The van der Waals surface area contributed by atoms with Gasteiger partial charge in [-0.15, -0.1) is 0 Å². The predicted molar refractivity (Wildman–Crippen MR) is 71.0 cm³/mol. The van der Waals surface area contributed by atoms with E-state index in [9.17, 15) is 4.39 Å². The lowest BCUT2D eigenvalue weighted by atomic mass is 9.93. The smallest absolute Gasteiger partial charge is 0.123 e. The Labute approximate surface area is 109 Å². The fraction of sp³-hybridized carbons (Fsp3) is 0.600. The summed E-state index contributed by atoms with van der Waals surface area (Å²) in [6.45, 7) is 7.11. The van der Waals surface area contributed by atoms with Gasteiger partial charge in [-0.1, -0.05) is 12.1 Å². The van der Waals surface area contributed by atoms with Crippen LogP contribution in [-0.4, -0.2) is 18.2 Å². The van der Waals surface area contributed by atoms with E-state index in [1.807, 2.05) is 6.07 Å². The van der Waals surface area contributed by atoms with Crippen LogP contribution in [0.15, 0.2) is 24.3 Å². The van der Waals surface area contributed by atoms with Crippen molar-refractivity contribution in [2.75, 3.05) is 6.61 Å². The van der Waals surface area contributed by atoms with Gasteiger partial charge in [-0.05, 0) is 51.3 Å². The number of benzene rings is 1. The highest BCUT2D eigenvalue weighted by atomic mass is 19.1. The molecule has 1 aromatic rings. The second kappa shape index (κ2) is 5.37. The largest absolute Gasteiger partial charge is 0.375 e. The van der Waals surface area contributed by atoms with Gasteiger partial charge in [0.2, 0.25) is 0 Å². The summed E-state index contributed by atoms with van der Waals surface area (Å²) in [6, 6.07) is 7.41. The molecule has 0 spiro atoms. The minimum atomic E-state index is -0.173. The maximum Gasteiger partial charge on any atom is 0.123 e. The van der Waals surface area contributed by atoms with Crippen LogP contribution in [0.3, 0.4) is 0 Å². The monoisotopic (exact) mass is 251 g/mol. The van der Waals surface area contributed by atoms with Crippen LogP contribution in [-0.2, 0) is 4.74 Å². The van der Waals surface area contributed by atoms with Crippen LogP contribution in [0, 0.1) is 5.82 Å². The quantitative estimate of drug-likeness (QED) is 0.888. The summed E-state index contributed by atoms with van der Waals surface area (Å²) in [5.41, 5.74) is 0.941. The van der Waals surface area contributed by atoms with Gasteiger partial charge in [-0.25, -0.2) is 4.39 Å². The van der Waals surface area contributed by atoms with E-state index in [1.165, 1.54) is 6.07 Å². The summed E-state index contributed by atoms with van der Waals surface area (Å²) >= 11 is 0. The van der Waals surface area contributed by atoms with Crippen molar-refractivity contribution >= 4 is 0 Å². The molecule has 1 aliphatic heterocycles. The third kappa shape index (κ3) is 3.53. The van der Waals surface area contributed by atoms with Crippen LogP contribution in [0.5, 0.6) is 0 Å². The zero-order chi connectivity index (χ0) is 13.2. The normalized spacial score (nSPS) is 24.8. The third-order valence-corrected chi connectivity index (χ3v) is 3.53. The molecule has 0 amide bonds. The lowest BCUT2D eigenvalue weighted by Crippen LogP contribution is -2.44. The number of nitrogens with one attached hydrogen (secondary N) is 1. The predicted octanol–water partition coefficient (Wildman–Crippen LogP) is 3.43. The van der Waals surface area contributed by atoms with Crippen LogP contribution in [0.2, 0.25) is 0 Å². The van der Waals surface area contributed by atoms with Gasteiger partial charge in [0, 0.05) is 18.7 Å². The molecule has 1 unspecified atom stereocenters. The van der Waals surface area contributed by atoms with Gasteiger partial charge < -0.3 is 10.1 Å². The minimum absolute atomic E-state index is 0.0580. The van der Waals surface area contributed by atoms with Crippen LogP contribution in [0.4, 0.5) is 4.39 Å². The SMILES string of the molecule is C[C@@H](NC1CCOC(C)(C)C1)c1cccc(F)c1. The van der Waals surface area contributed by atoms with Crippen LogP contribution in [0.25, 0.3) is 0 Å². The van der Waals surface area contributed by atoms with Crippen LogP contribution < -0.4 is 5.32 Å². The van der Waals surface area contributed by atoms with Gasteiger partial charge >= 0.3 is 0 Å². The molecule has 1 fully saturated rings. The Morgan fingerprint density at radius 1 is 1.44 bits per heavy atom. The summed E-state index contributed by atoms with van der Waals surface area (Å²) in [4.78, 5) is 0. The molecule has 0 bridgehead atoms. The molecule has 100 valence electrons. The van der Waals surface area contributed by atoms with Crippen molar-refractivity contribution in [3.63, 3.8) is 0 Å². The minimum Gasteiger partial charge on any atom is -0.375 e. The first-order valence-electron chi connectivity index (χ1n) is 6.62. The molecular weight excluding hydrogens is 229 g/mol. The molecule has 1 heterocycles. The first kappa shape index (κ1) is 13.5. The van der Waals surface area contributed by atoms with E-state index < -0.39 is 0 Å². The molecule has 0 radical (unpaired) electrons. The fourth-order valence-electron chi connectivity index (χ4n) is 2.60. The van der Waals surface area contributed by atoms with Crippen molar-refractivity contribution in [1.29, 1.82) is 0 Å². The van der Waals surface area contributed by atoms with E-state index in [-0.39, 0.29) is 17.5 Å². The number of hydrogen-bond donors (Lipinski definition) is 1. The second-order valence-electron chi connectivity index (χ2n) is 5.74. The Morgan fingerprint density at radius 3 is 2.89 bits per heavy atom. The molecule has 2 nitrogen and oxygen atoms in total.